The summed E-state index contributed by atoms with van der Waals surface area (Å²) in [4.78, 5) is 19.4. The topological polar surface area (TPSA) is 45.2 Å². The van der Waals surface area contributed by atoms with Gasteiger partial charge in [0.05, 0.1) is 0 Å². The maximum atomic E-state index is 13.0. The second kappa shape index (κ2) is 13.1. The summed E-state index contributed by atoms with van der Waals surface area (Å²) in [7, 11) is 0. The quantitative estimate of drug-likeness (QED) is 0.383. The Morgan fingerprint density at radius 2 is 1.81 bits per heavy atom. The third kappa shape index (κ3) is 8.72. The van der Waals surface area contributed by atoms with Crippen molar-refractivity contribution in [3.8, 4) is 0 Å². The molecule has 4 heteroatoms. The van der Waals surface area contributed by atoms with Crippen LogP contribution in [-0.4, -0.2) is 28.9 Å². The number of carbonyl (C=O) groups is 1. The summed E-state index contributed by atoms with van der Waals surface area (Å²) < 4.78 is 0. The molecular formula is C27H39N3O. The van der Waals surface area contributed by atoms with Crippen LogP contribution in [0.3, 0.4) is 0 Å². The number of amides is 1. The number of benzene rings is 1. The van der Waals surface area contributed by atoms with Gasteiger partial charge in [-0.2, -0.15) is 0 Å². The van der Waals surface area contributed by atoms with Crippen molar-refractivity contribution >= 4 is 11.7 Å². The minimum absolute atomic E-state index is 0.337. The molecule has 1 amide bonds. The molecule has 0 atom stereocenters. The predicted octanol–water partition coefficient (Wildman–Crippen LogP) is 6.36. The number of aryl methyl sites for hydroxylation is 1. The molecule has 1 fully saturated rings. The Kier molecular flexibility index (Phi) is 9.88. The third-order valence-electron chi connectivity index (χ3n) is 6.41. The third-order valence-corrected chi connectivity index (χ3v) is 6.41. The zero-order valence-corrected chi connectivity index (χ0v) is 19.2. The van der Waals surface area contributed by atoms with Gasteiger partial charge in [0, 0.05) is 32.3 Å². The highest BCUT2D eigenvalue weighted by molar-refractivity contribution is 5.76. The van der Waals surface area contributed by atoms with Gasteiger partial charge in [0.25, 0.3) is 0 Å². The molecule has 4 nitrogen and oxygen atoms in total. The second-order valence-electron chi connectivity index (χ2n) is 9.05. The molecule has 0 bridgehead atoms. The Balaban J connectivity index is 1.39. The van der Waals surface area contributed by atoms with Crippen molar-refractivity contribution in [3.63, 3.8) is 0 Å². The van der Waals surface area contributed by atoms with Gasteiger partial charge >= 0.3 is 0 Å². The van der Waals surface area contributed by atoms with Gasteiger partial charge in [0.2, 0.25) is 5.91 Å². The van der Waals surface area contributed by atoms with Gasteiger partial charge in [0.15, 0.2) is 0 Å². The van der Waals surface area contributed by atoms with Crippen LogP contribution in [0.15, 0.2) is 48.7 Å². The number of nitrogens with one attached hydrogen (secondary N) is 1. The van der Waals surface area contributed by atoms with Crippen LogP contribution in [0.4, 0.5) is 5.82 Å². The lowest BCUT2D eigenvalue weighted by Crippen LogP contribution is -2.31. The average molecular weight is 422 g/mol. The van der Waals surface area contributed by atoms with E-state index in [9.17, 15) is 4.79 Å². The van der Waals surface area contributed by atoms with E-state index in [1.807, 2.05) is 24.4 Å². The second-order valence-corrected chi connectivity index (χ2v) is 9.05. The smallest absolute Gasteiger partial charge is 0.222 e. The number of unbranched alkanes of at least 4 members (excludes halogenated alkanes) is 3. The predicted molar refractivity (Wildman–Crippen MR) is 129 cm³/mol. The monoisotopic (exact) mass is 421 g/mol. The molecule has 3 rings (SSSR count). The molecule has 2 aromatic rings. The molecule has 0 spiro atoms. The Hall–Kier alpha value is -2.36. The fraction of sp³-hybridized carbons (Fsp3) is 0.556. The minimum atomic E-state index is 0.337. The van der Waals surface area contributed by atoms with Crippen molar-refractivity contribution in [2.24, 2.45) is 5.92 Å². The SMILES string of the molecule is Cc1ccc(CN(CCCCCCNc2ccccn2)C(=O)CCC2CCCC2)cc1. The Labute approximate surface area is 188 Å². The summed E-state index contributed by atoms with van der Waals surface area (Å²) in [5.41, 5.74) is 2.50. The first kappa shape index (κ1) is 23.3. The van der Waals surface area contributed by atoms with E-state index in [4.69, 9.17) is 0 Å². The average Bonchev–Trinajstić information content (AvgIpc) is 3.32. The van der Waals surface area contributed by atoms with Crippen molar-refractivity contribution in [3.05, 3.63) is 59.8 Å². The van der Waals surface area contributed by atoms with Crippen LogP contribution in [0.1, 0.15) is 75.3 Å². The summed E-state index contributed by atoms with van der Waals surface area (Å²) >= 11 is 0. The van der Waals surface area contributed by atoms with Gasteiger partial charge in [-0.25, -0.2) is 4.98 Å². The summed E-state index contributed by atoms with van der Waals surface area (Å²) in [5, 5.41) is 3.37. The molecule has 1 aromatic heterocycles. The molecule has 168 valence electrons. The maximum absolute atomic E-state index is 13.0. The molecule has 31 heavy (non-hydrogen) atoms. The Bertz CT molecular complexity index is 754. The van der Waals surface area contributed by atoms with E-state index in [1.54, 1.807) is 0 Å². The van der Waals surface area contributed by atoms with Crippen LogP contribution in [-0.2, 0) is 11.3 Å². The number of hydrogen-bond acceptors (Lipinski definition) is 3. The van der Waals surface area contributed by atoms with E-state index < -0.39 is 0 Å². The van der Waals surface area contributed by atoms with Gasteiger partial charge in [0.1, 0.15) is 5.82 Å². The van der Waals surface area contributed by atoms with Crippen molar-refractivity contribution in [1.82, 2.24) is 9.88 Å². The normalized spacial score (nSPS) is 14.0. The maximum Gasteiger partial charge on any atom is 0.222 e. The molecule has 1 saturated carbocycles. The summed E-state index contributed by atoms with van der Waals surface area (Å²) in [6.07, 6.45) is 13.5. The largest absolute Gasteiger partial charge is 0.370 e. The highest BCUT2D eigenvalue weighted by Gasteiger charge is 2.19. The van der Waals surface area contributed by atoms with E-state index in [0.717, 1.165) is 57.1 Å². The highest BCUT2D eigenvalue weighted by Crippen LogP contribution is 2.28. The van der Waals surface area contributed by atoms with Crippen LogP contribution in [0, 0.1) is 12.8 Å². The fourth-order valence-corrected chi connectivity index (χ4v) is 4.46. The van der Waals surface area contributed by atoms with Crippen LogP contribution >= 0.6 is 0 Å². The fourth-order valence-electron chi connectivity index (χ4n) is 4.46. The lowest BCUT2D eigenvalue weighted by Gasteiger charge is -2.24. The van der Waals surface area contributed by atoms with Crippen LogP contribution < -0.4 is 5.32 Å². The molecule has 1 aliphatic carbocycles. The molecule has 1 aromatic carbocycles. The van der Waals surface area contributed by atoms with Gasteiger partial charge in [-0.05, 0) is 49.8 Å². The van der Waals surface area contributed by atoms with E-state index >= 15 is 0 Å². The van der Waals surface area contributed by atoms with Crippen LogP contribution in [0.5, 0.6) is 0 Å². The van der Waals surface area contributed by atoms with Gasteiger partial charge in [-0.15, -0.1) is 0 Å². The summed E-state index contributed by atoms with van der Waals surface area (Å²) in [6.45, 7) is 4.66. The van der Waals surface area contributed by atoms with Gasteiger partial charge in [-0.3, -0.25) is 4.79 Å². The molecule has 0 aliphatic heterocycles. The number of aromatic nitrogens is 1. The number of hydrogen-bond donors (Lipinski definition) is 1. The highest BCUT2D eigenvalue weighted by atomic mass is 16.2. The Morgan fingerprint density at radius 3 is 2.55 bits per heavy atom. The molecular weight excluding hydrogens is 382 g/mol. The Morgan fingerprint density at radius 1 is 1.03 bits per heavy atom. The van der Waals surface area contributed by atoms with E-state index in [2.05, 4.69) is 46.4 Å². The first-order valence-electron chi connectivity index (χ1n) is 12.2. The van der Waals surface area contributed by atoms with Gasteiger partial charge < -0.3 is 10.2 Å². The molecule has 1 N–H and O–H groups in total. The van der Waals surface area contributed by atoms with E-state index in [0.29, 0.717) is 12.3 Å². The van der Waals surface area contributed by atoms with Crippen molar-refractivity contribution < 1.29 is 4.79 Å². The molecule has 0 radical (unpaired) electrons. The molecule has 1 aliphatic rings. The van der Waals surface area contributed by atoms with Crippen LogP contribution in [0.25, 0.3) is 0 Å². The van der Waals surface area contributed by atoms with Crippen LogP contribution in [0.2, 0.25) is 0 Å². The summed E-state index contributed by atoms with van der Waals surface area (Å²) in [5.74, 6) is 2.06. The van der Waals surface area contributed by atoms with E-state index in [1.165, 1.54) is 43.2 Å². The zero-order valence-electron chi connectivity index (χ0n) is 19.2. The summed E-state index contributed by atoms with van der Waals surface area (Å²) in [6, 6.07) is 14.5. The van der Waals surface area contributed by atoms with Crippen molar-refractivity contribution in [2.45, 2.75) is 77.7 Å². The molecule has 0 unspecified atom stereocenters. The van der Waals surface area contributed by atoms with Gasteiger partial charge in [-0.1, -0.05) is 74.4 Å². The van der Waals surface area contributed by atoms with E-state index in [-0.39, 0.29) is 0 Å². The molecule has 0 saturated heterocycles. The number of pyridine rings is 1. The number of nitrogens with zero attached hydrogens (tertiary/aromatic N) is 2. The number of anilines is 1. The number of rotatable bonds is 13. The lowest BCUT2D eigenvalue weighted by atomic mass is 10.0. The van der Waals surface area contributed by atoms with Crippen molar-refractivity contribution in [2.75, 3.05) is 18.4 Å². The number of carbonyl (C=O) groups excluding carboxylic acids is 1. The molecule has 1 heterocycles. The van der Waals surface area contributed by atoms with Crippen molar-refractivity contribution in [1.29, 1.82) is 0 Å². The first-order valence-corrected chi connectivity index (χ1v) is 12.2. The first-order chi connectivity index (χ1) is 15.2. The lowest BCUT2D eigenvalue weighted by molar-refractivity contribution is -0.132. The standard InChI is InChI=1S/C27H39N3O/c1-23-13-15-25(16-14-23)22-30(27(31)18-17-24-10-4-5-11-24)21-9-3-2-7-19-28-26-12-6-8-20-29-26/h6,8,12-16,20,24H,2-5,7,9-11,17-19,21-22H2,1H3,(H,28,29). The minimum Gasteiger partial charge on any atom is -0.370 e. The zero-order chi connectivity index (χ0) is 21.7.